The van der Waals surface area contributed by atoms with Gasteiger partial charge in [-0.3, -0.25) is 0 Å². The minimum atomic E-state index is -1.47. The first-order chi connectivity index (χ1) is 4.70. The van der Waals surface area contributed by atoms with E-state index < -0.39 is 7.12 Å². The summed E-state index contributed by atoms with van der Waals surface area (Å²) >= 11 is 5.46. The second-order valence-electron chi connectivity index (χ2n) is 1.79. The van der Waals surface area contributed by atoms with Crippen molar-refractivity contribution in [1.29, 1.82) is 0 Å². The fourth-order valence-corrected chi connectivity index (χ4v) is 0.760. The molecule has 3 nitrogen and oxygen atoms in total. The Morgan fingerprint density at radius 3 is 2.45 bits per heavy atom. The minimum Gasteiger partial charge on any atom is -0.423 e. The number of pyridine rings is 1. The third-order valence-electron chi connectivity index (χ3n) is 1.05. The van der Waals surface area contributed by atoms with Crippen LogP contribution in [0.15, 0.2) is 18.3 Å². The molecule has 0 unspecified atom stereocenters. The average molecular weight is 173 g/mol. The molecule has 11 heavy (non-hydrogen) atoms. The van der Waals surface area contributed by atoms with Gasteiger partial charge in [-0.1, -0.05) is 19.0 Å². The standard InChI is InChI=1S/C5H5BClNO2.CH4/c7-5-3-4(6(9)10)1-2-8-5;/h1-3,9-10H;1H4. The first-order valence-corrected chi connectivity index (χ1v) is 3.05. The summed E-state index contributed by atoms with van der Waals surface area (Å²) in [4.78, 5) is 3.67. The SMILES string of the molecule is C.OB(O)c1ccnc(Cl)c1. The maximum absolute atomic E-state index is 8.62. The Balaban J connectivity index is 0.000001000. The topological polar surface area (TPSA) is 53.4 Å². The summed E-state index contributed by atoms with van der Waals surface area (Å²) in [6, 6.07) is 2.88. The normalized spacial score (nSPS) is 8.64. The van der Waals surface area contributed by atoms with Crippen LogP contribution in [0.4, 0.5) is 0 Å². The number of halogens is 1. The quantitative estimate of drug-likeness (QED) is 0.466. The molecule has 0 saturated carbocycles. The summed E-state index contributed by atoms with van der Waals surface area (Å²) in [5.41, 5.74) is 0.347. The molecule has 0 aliphatic carbocycles. The molecule has 0 aromatic carbocycles. The monoisotopic (exact) mass is 173 g/mol. The predicted octanol–water partition coefficient (Wildman–Crippen LogP) is 0.0509. The first-order valence-electron chi connectivity index (χ1n) is 2.68. The van der Waals surface area contributed by atoms with Crippen molar-refractivity contribution in [2.24, 2.45) is 0 Å². The Hall–Kier alpha value is -0.575. The van der Waals surface area contributed by atoms with Crippen molar-refractivity contribution < 1.29 is 10.0 Å². The molecule has 0 saturated heterocycles. The van der Waals surface area contributed by atoms with Crippen LogP contribution in [-0.4, -0.2) is 22.2 Å². The lowest BCUT2D eigenvalue weighted by Crippen LogP contribution is -2.29. The van der Waals surface area contributed by atoms with Crippen molar-refractivity contribution in [3.63, 3.8) is 0 Å². The van der Waals surface area contributed by atoms with Crippen molar-refractivity contribution in [3.05, 3.63) is 23.5 Å². The highest BCUT2D eigenvalue weighted by Gasteiger charge is 2.09. The van der Waals surface area contributed by atoms with E-state index >= 15 is 0 Å². The Bertz CT molecular complexity index is 232. The van der Waals surface area contributed by atoms with E-state index in [0.29, 0.717) is 5.46 Å². The highest BCUT2D eigenvalue weighted by Crippen LogP contribution is 1.98. The van der Waals surface area contributed by atoms with Crippen LogP contribution in [0.2, 0.25) is 5.15 Å². The van der Waals surface area contributed by atoms with E-state index in [0.717, 1.165) is 0 Å². The van der Waals surface area contributed by atoms with Crippen LogP contribution >= 0.6 is 11.6 Å². The predicted molar refractivity (Wildman–Crippen MR) is 45.8 cm³/mol. The zero-order chi connectivity index (χ0) is 7.56. The number of aromatic nitrogens is 1. The molecule has 0 bridgehead atoms. The van der Waals surface area contributed by atoms with Crippen LogP contribution < -0.4 is 5.46 Å². The zero-order valence-corrected chi connectivity index (χ0v) is 5.78. The molecule has 1 rings (SSSR count). The van der Waals surface area contributed by atoms with E-state index in [4.69, 9.17) is 21.6 Å². The van der Waals surface area contributed by atoms with Gasteiger partial charge >= 0.3 is 7.12 Å². The van der Waals surface area contributed by atoms with Crippen LogP contribution in [0.1, 0.15) is 7.43 Å². The fraction of sp³-hybridized carbons (Fsp3) is 0.167. The lowest BCUT2D eigenvalue weighted by Gasteiger charge is -1.96. The van der Waals surface area contributed by atoms with Crippen LogP contribution in [-0.2, 0) is 0 Å². The second-order valence-corrected chi connectivity index (χ2v) is 2.17. The molecule has 0 fully saturated rings. The van der Waals surface area contributed by atoms with Gasteiger partial charge in [0.1, 0.15) is 5.15 Å². The summed E-state index contributed by atoms with van der Waals surface area (Å²) in [5, 5.41) is 17.5. The molecule has 1 heterocycles. The van der Waals surface area contributed by atoms with Crippen LogP contribution in [0.5, 0.6) is 0 Å². The molecule has 0 aliphatic heterocycles. The highest BCUT2D eigenvalue weighted by atomic mass is 35.5. The van der Waals surface area contributed by atoms with E-state index in [1.807, 2.05) is 0 Å². The lowest BCUT2D eigenvalue weighted by molar-refractivity contribution is 0.425. The van der Waals surface area contributed by atoms with Crippen LogP contribution in [0, 0.1) is 0 Å². The Morgan fingerprint density at radius 1 is 1.45 bits per heavy atom. The molecule has 5 heteroatoms. The summed E-state index contributed by atoms with van der Waals surface area (Å²) in [7, 11) is -1.47. The van der Waals surface area contributed by atoms with Gasteiger partial charge in [0.2, 0.25) is 0 Å². The van der Waals surface area contributed by atoms with Crippen LogP contribution in [0.3, 0.4) is 0 Å². The summed E-state index contributed by atoms with van der Waals surface area (Å²) in [6.45, 7) is 0. The van der Waals surface area contributed by atoms with Crippen molar-refractivity contribution in [2.45, 2.75) is 7.43 Å². The van der Waals surface area contributed by atoms with Gasteiger partial charge < -0.3 is 10.0 Å². The fourth-order valence-electron chi connectivity index (χ4n) is 0.578. The van der Waals surface area contributed by atoms with Crippen molar-refractivity contribution in [3.8, 4) is 0 Å². The molecule has 0 aliphatic rings. The van der Waals surface area contributed by atoms with E-state index in [1.54, 1.807) is 0 Å². The highest BCUT2D eigenvalue weighted by molar-refractivity contribution is 6.58. The molecule has 0 spiro atoms. The molecule has 0 atom stereocenters. The third-order valence-corrected chi connectivity index (χ3v) is 1.26. The molecular formula is C6H9BClNO2. The van der Waals surface area contributed by atoms with Crippen molar-refractivity contribution in [1.82, 2.24) is 4.98 Å². The maximum Gasteiger partial charge on any atom is 0.488 e. The smallest absolute Gasteiger partial charge is 0.423 e. The van der Waals surface area contributed by atoms with Gasteiger partial charge in [-0.2, -0.15) is 0 Å². The molecule has 1 aromatic rings. The van der Waals surface area contributed by atoms with Gasteiger partial charge in [0, 0.05) is 6.20 Å². The zero-order valence-electron chi connectivity index (χ0n) is 5.03. The number of nitrogens with zero attached hydrogens (tertiary/aromatic N) is 1. The summed E-state index contributed by atoms with van der Waals surface area (Å²) in [5.74, 6) is 0. The molecular weight excluding hydrogens is 164 g/mol. The Labute approximate surface area is 70.8 Å². The third kappa shape index (κ3) is 2.88. The van der Waals surface area contributed by atoms with E-state index in [1.165, 1.54) is 18.3 Å². The second kappa shape index (κ2) is 4.33. The van der Waals surface area contributed by atoms with Gasteiger partial charge in [0.25, 0.3) is 0 Å². The van der Waals surface area contributed by atoms with Gasteiger partial charge in [-0.25, -0.2) is 4.98 Å². The van der Waals surface area contributed by atoms with Gasteiger partial charge in [0.05, 0.1) is 0 Å². The summed E-state index contributed by atoms with van der Waals surface area (Å²) in [6.07, 6.45) is 1.41. The Morgan fingerprint density at radius 2 is 2.09 bits per heavy atom. The van der Waals surface area contributed by atoms with Gasteiger partial charge in [-0.05, 0) is 17.6 Å². The minimum absolute atomic E-state index is 0. The van der Waals surface area contributed by atoms with Crippen molar-refractivity contribution in [2.75, 3.05) is 0 Å². The first kappa shape index (κ1) is 10.4. The maximum atomic E-state index is 8.62. The van der Waals surface area contributed by atoms with E-state index in [-0.39, 0.29) is 12.6 Å². The molecule has 60 valence electrons. The number of rotatable bonds is 1. The van der Waals surface area contributed by atoms with E-state index in [9.17, 15) is 0 Å². The van der Waals surface area contributed by atoms with Gasteiger partial charge in [-0.15, -0.1) is 0 Å². The molecule has 0 radical (unpaired) electrons. The van der Waals surface area contributed by atoms with Crippen LogP contribution in [0.25, 0.3) is 0 Å². The molecule has 2 N–H and O–H groups in total. The summed E-state index contributed by atoms with van der Waals surface area (Å²) < 4.78 is 0. The number of hydrogen-bond acceptors (Lipinski definition) is 3. The Kier molecular flexibility index (Phi) is 4.11. The van der Waals surface area contributed by atoms with E-state index in [2.05, 4.69) is 4.98 Å². The van der Waals surface area contributed by atoms with Crippen molar-refractivity contribution >= 4 is 24.2 Å². The lowest BCUT2D eigenvalue weighted by atomic mass is 9.81. The number of hydrogen-bond donors (Lipinski definition) is 2. The average Bonchev–Trinajstić information content (AvgIpc) is 1.88. The largest absolute Gasteiger partial charge is 0.488 e. The molecule has 1 aromatic heterocycles. The molecule has 0 amide bonds. The van der Waals surface area contributed by atoms with Gasteiger partial charge in [0.15, 0.2) is 0 Å².